The summed E-state index contributed by atoms with van der Waals surface area (Å²) < 4.78 is 5.29. The third-order valence-corrected chi connectivity index (χ3v) is 4.74. The van der Waals surface area contributed by atoms with Crippen LogP contribution in [-0.2, 0) is 4.79 Å². The number of piperidine rings is 1. The number of hydrogen-bond acceptors (Lipinski definition) is 3. The quantitative estimate of drug-likeness (QED) is 0.818. The molecule has 4 nitrogen and oxygen atoms in total. The molecule has 138 valence electrons. The van der Waals surface area contributed by atoms with E-state index in [0.29, 0.717) is 0 Å². The fourth-order valence-electron chi connectivity index (χ4n) is 4.15. The zero-order valence-corrected chi connectivity index (χ0v) is 16.6. The number of hydrogen-bond donors (Lipinski definition) is 2. The Kier molecular flexibility index (Phi) is 5.62. The van der Waals surface area contributed by atoms with E-state index in [1.807, 2.05) is 32.1 Å². The minimum absolute atomic E-state index is 0.0204. The van der Waals surface area contributed by atoms with Gasteiger partial charge in [0.1, 0.15) is 5.75 Å². The van der Waals surface area contributed by atoms with Crippen molar-refractivity contribution in [3.05, 3.63) is 34.9 Å². The van der Waals surface area contributed by atoms with Crippen LogP contribution in [0.25, 0.3) is 6.08 Å². The highest BCUT2D eigenvalue weighted by Gasteiger charge is 2.37. The number of carbonyl (C=O) groups excluding carboxylic acids is 1. The molecule has 1 aliphatic rings. The molecule has 4 heteroatoms. The van der Waals surface area contributed by atoms with E-state index in [9.17, 15) is 4.79 Å². The van der Waals surface area contributed by atoms with Crippen LogP contribution in [0.15, 0.2) is 18.2 Å². The lowest BCUT2D eigenvalue weighted by Gasteiger charge is -2.46. The van der Waals surface area contributed by atoms with Gasteiger partial charge in [0.05, 0.1) is 7.11 Å². The molecule has 0 bridgehead atoms. The number of carbonyl (C=O) groups is 1. The van der Waals surface area contributed by atoms with Crippen molar-refractivity contribution in [3.63, 3.8) is 0 Å². The second-order valence-electron chi connectivity index (χ2n) is 8.51. The smallest absolute Gasteiger partial charge is 0.244 e. The summed E-state index contributed by atoms with van der Waals surface area (Å²) >= 11 is 0. The molecule has 1 amide bonds. The van der Waals surface area contributed by atoms with Crippen LogP contribution in [0.4, 0.5) is 0 Å². The standard InChI is InChI=1S/C21H32N2O2/c1-14-10-17(25-7)11-15(2)18(14)8-9-19(24)22-16-12-20(3,4)23-21(5,6)13-16/h8-11,16,23H,12-13H2,1-7H3,(H,22,24)/b9-8+. The van der Waals surface area contributed by atoms with Gasteiger partial charge in [0, 0.05) is 23.2 Å². The maximum Gasteiger partial charge on any atom is 0.244 e. The molecule has 1 fully saturated rings. The number of nitrogens with one attached hydrogen (secondary N) is 2. The molecule has 1 heterocycles. The first kappa shape index (κ1) is 19.5. The van der Waals surface area contributed by atoms with Crippen molar-refractivity contribution in [1.82, 2.24) is 10.6 Å². The number of amides is 1. The predicted molar refractivity (Wildman–Crippen MR) is 104 cm³/mol. The van der Waals surface area contributed by atoms with E-state index in [1.54, 1.807) is 13.2 Å². The molecule has 1 aromatic rings. The number of ether oxygens (including phenoxy) is 1. The third kappa shape index (κ3) is 5.33. The van der Waals surface area contributed by atoms with Crippen LogP contribution in [0.1, 0.15) is 57.2 Å². The van der Waals surface area contributed by atoms with Crippen molar-refractivity contribution >= 4 is 12.0 Å². The Balaban J connectivity index is 2.06. The average molecular weight is 344 g/mol. The highest BCUT2D eigenvalue weighted by atomic mass is 16.5. The van der Waals surface area contributed by atoms with Crippen molar-refractivity contribution < 1.29 is 9.53 Å². The molecule has 0 aliphatic carbocycles. The molecular formula is C21H32N2O2. The van der Waals surface area contributed by atoms with Crippen LogP contribution >= 0.6 is 0 Å². The Morgan fingerprint density at radius 2 is 1.68 bits per heavy atom. The topological polar surface area (TPSA) is 50.4 Å². The summed E-state index contributed by atoms with van der Waals surface area (Å²) in [6.07, 6.45) is 5.40. The second kappa shape index (κ2) is 7.20. The first-order valence-corrected chi connectivity index (χ1v) is 8.94. The van der Waals surface area contributed by atoms with Gasteiger partial charge in [0.15, 0.2) is 0 Å². The van der Waals surface area contributed by atoms with Crippen LogP contribution < -0.4 is 15.4 Å². The van der Waals surface area contributed by atoms with Gasteiger partial charge >= 0.3 is 0 Å². The summed E-state index contributed by atoms with van der Waals surface area (Å²) in [6, 6.07) is 4.16. The van der Waals surface area contributed by atoms with Crippen LogP contribution in [0.3, 0.4) is 0 Å². The lowest BCUT2D eigenvalue weighted by atomic mass is 9.79. The Morgan fingerprint density at radius 1 is 1.16 bits per heavy atom. The Labute approximate surface area is 152 Å². The van der Waals surface area contributed by atoms with Gasteiger partial charge in [-0.3, -0.25) is 4.79 Å². The van der Waals surface area contributed by atoms with E-state index in [4.69, 9.17) is 4.74 Å². The molecule has 0 saturated carbocycles. The fraction of sp³-hybridized carbons (Fsp3) is 0.571. The Morgan fingerprint density at radius 3 is 2.16 bits per heavy atom. The minimum atomic E-state index is -0.0341. The first-order valence-electron chi connectivity index (χ1n) is 8.94. The van der Waals surface area contributed by atoms with E-state index in [0.717, 1.165) is 35.3 Å². The number of methoxy groups -OCH3 is 1. The normalized spacial score (nSPS) is 19.8. The summed E-state index contributed by atoms with van der Waals surface area (Å²) in [5, 5.41) is 6.81. The highest BCUT2D eigenvalue weighted by molar-refractivity contribution is 5.92. The second-order valence-corrected chi connectivity index (χ2v) is 8.51. The van der Waals surface area contributed by atoms with E-state index in [-0.39, 0.29) is 23.0 Å². The lowest BCUT2D eigenvalue weighted by Crippen LogP contribution is -2.62. The van der Waals surface area contributed by atoms with Gasteiger partial charge in [-0.1, -0.05) is 0 Å². The minimum Gasteiger partial charge on any atom is -0.497 e. The predicted octanol–water partition coefficient (Wildman–Crippen LogP) is 3.75. The molecule has 0 unspecified atom stereocenters. The van der Waals surface area contributed by atoms with Crippen LogP contribution in [0.2, 0.25) is 0 Å². The zero-order valence-electron chi connectivity index (χ0n) is 16.6. The van der Waals surface area contributed by atoms with Crippen LogP contribution in [0, 0.1) is 13.8 Å². The molecule has 1 saturated heterocycles. The Bertz CT molecular complexity index is 635. The van der Waals surface area contributed by atoms with Gasteiger partial charge < -0.3 is 15.4 Å². The summed E-state index contributed by atoms with van der Waals surface area (Å²) in [6.45, 7) is 12.8. The number of rotatable bonds is 4. The van der Waals surface area contributed by atoms with E-state index < -0.39 is 0 Å². The molecule has 1 aromatic carbocycles. The largest absolute Gasteiger partial charge is 0.497 e. The Hall–Kier alpha value is -1.81. The van der Waals surface area contributed by atoms with Crippen LogP contribution in [-0.4, -0.2) is 30.1 Å². The van der Waals surface area contributed by atoms with Crippen molar-refractivity contribution in [2.45, 2.75) is 71.5 Å². The molecular weight excluding hydrogens is 312 g/mol. The summed E-state index contributed by atoms with van der Waals surface area (Å²) in [7, 11) is 1.67. The SMILES string of the molecule is COc1cc(C)c(/C=C/C(=O)NC2CC(C)(C)NC(C)(C)C2)c(C)c1. The molecule has 25 heavy (non-hydrogen) atoms. The van der Waals surface area contributed by atoms with Gasteiger partial charge in [0.2, 0.25) is 5.91 Å². The summed E-state index contributed by atoms with van der Waals surface area (Å²) in [4.78, 5) is 12.4. The molecule has 2 N–H and O–H groups in total. The van der Waals surface area contributed by atoms with Gasteiger partial charge in [-0.25, -0.2) is 0 Å². The molecule has 0 radical (unpaired) electrons. The van der Waals surface area contributed by atoms with Crippen molar-refractivity contribution in [2.75, 3.05) is 7.11 Å². The number of benzene rings is 1. The van der Waals surface area contributed by atoms with Gasteiger partial charge in [-0.05, 0) is 89.3 Å². The molecule has 0 aromatic heterocycles. The zero-order chi connectivity index (χ0) is 18.8. The van der Waals surface area contributed by atoms with E-state index in [1.165, 1.54) is 0 Å². The summed E-state index contributed by atoms with van der Waals surface area (Å²) in [5.74, 6) is 0.809. The van der Waals surface area contributed by atoms with Crippen molar-refractivity contribution in [3.8, 4) is 5.75 Å². The maximum absolute atomic E-state index is 12.4. The van der Waals surface area contributed by atoms with Gasteiger partial charge in [0.25, 0.3) is 0 Å². The van der Waals surface area contributed by atoms with E-state index >= 15 is 0 Å². The average Bonchev–Trinajstić information content (AvgIpc) is 2.42. The third-order valence-electron chi connectivity index (χ3n) is 4.74. The molecule has 0 spiro atoms. The fourth-order valence-corrected chi connectivity index (χ4v) is 4.15. The van der Waals surface area contributed by atoms with Gasteiger partial charge in [-0.15, -0.1) is 0 Å². The monoisotopic (exact) mass is 344 g/mol. The lowest BCUT2D eigenvalue weighted by molar-refractivity contribution is -0.117. The summed E-state index contributed by atoms with van der Waals surface area (Å²) in [5.41, 5.74) is 3.32. The highest BCUT2D eigenvalue weighted by Crippen LogP contribution is 2.28. The maximum atomic E-state index is 12.4. The molecule has 0 atom stereocenters. The van der Waals surface area contributed by atoms with Gasteiger partial charge in [-0.2, -0.15) is 0 Å². The molecule has 1 aliphatic heterocycles. The first-order chi connectivity index (χ1) is 11.5. The van der Waals surface area contributed by atoms with Crippen molar-refractivity contribution in [2.24, 2.45) is 0 Å². The van der Waals surface area contributed by atoms with Crippen LogP contribution in [0.5, 0.6) is 5.75 Å². The van der Waals surface area contributed by atoms with E-state index in [2.05, 4.69) is 38.3 Å². The number of aryl methyl sites for hydroxylation is 2. The van der Waals surface area contributed by atoms with Crippen molar-refractivity contribution in [1.29, 1.82) is 0 Å². The molecule has 2 rings (SSSR count).